The lowest BCUT2D eigenvalue weighted by Crippen LogP contribution is -2.49. The van der Waals surface area contributed by atoms with Crippen molar-refractivity contribution in [3.05, 3.63) is 106 Å². The van der Waals surface area contributed by atoms with Gasteiger partial charge in [-0.15, -0.1) is 0 Å². The summed E-state index contributed by atoms with van der Waals surface area (Å²) in [6.07, 6.45) is 2.77. The van der Waals surface area contributed by atoms with E-state index in [1.807, 2.05) is 55.5 Å². The van der Waals surface area contributed by atoms with Crippen LogP contribution in [0.4, 0.5) is 0 Å². The molecule has 2 amide bonds. The van der Waals surface area contributed by atoms with E-state index in [0.717, 1.165) is 36.0 Å². The van der Waals surface area contributed by atoms with Crippen molar-refractivity contribution in [2.75, 3.05) is 0 Å². The predicted octanol–water partition coefficient (Wildman–Crippen LogP) is 4.06. The maximum atomic E-state index is 13.5. The van der Waals surface area contributed by atoms with E-state index in [-0.39, 0.29) is 24.7 Å². The number of fused-ring (bicyclic) bond motifs is 1. The van der Waals surface area contributed by atoms with Gasteiger partial charge in [-0.25, -0.2) is 0 Å². The second kappa shape index (κ2) is 12.4. The third kappa shape index (κ3) is 6.80. The van der Waals surface area contributed by atoms with Crippen molar-refractivity contribution in [3.63, 3.8) is 0 Å². The lowest BCUT2D eigenvalue weighted by Gasteiger charge is -2.28. The van der Waals surface area contributed by atoms with Crippen molar-refractivity contribution in [2.24, 2.45) is 0 Å². The van der Waals surface area contributed by atoms with Crippen molar-refractivity contribution in [1.29, 1.82) is 0 Å². The van der Waals surface area contributed by atoms with Crippen molar-refractivity contribution in [1.82, 2.24) is 10.6 Å². The van der Waals surface area contributed by atoms with E-state index in [1.54, 1.807) is 18.2 Å². The second-order valence-electron chi connectivity index (χ2n) is 9.65. The van der Waals surface area contributed by atoms with E-state index in [2.05, 4.69) is 16.7 Å². The van der Waals surface area contributed by atoms with Crippen LogP contribution in [0.3, 0.4) is 0 Å². The molecule has 0 fully saturated rings. The largest absolute Gasteiger partial charge is 0.475 e. The first kappa shape index (κ1) is 26.9. The topological polar surface area (TPSA) is 98.7 Å². The Bertz CT molecular complexity index is 1250. The molecule has 3 aromatic carbocycles. The Morgan fingerprint density at radius 1 is 1.00 bits per heavy atom. The average Bonchev–Trinajstić information content (AvgIpc) is 2.89. The molecule has 8 heteroatoms. The maximum Gasteiger partial charge on any atom is 0.475 e. The lowest BCUT2D eigenvalue weighted by atomic mass is 9.75. The zero-order chi connectivity index (χ0) is 26.4. The van der Waals surface area contributed by atoms with Gasteiger partial charge in [0.05, 0.1) is 24.3 Å². The van der Waals surface area contributed by atoms with Crippen LogP contribution in [0, 0.1) is 6.92 Å². The molecule has 4 N–H and O–H groups in total. The van der Waals surface area contributed by atoms with Crippen LogP contribution >= 0.6 is 11.6 Å². The number of carbonyl (C=O) groups is 2. The van der Waals surface area contributed by atoms with Crippen LogP contribution in [0.5, 0.6) is 0 Å². The highest BCUT2D eigenvalue weighted by Gasteiger charge is 2.31. The highest BCUT2D eigenvalue weighted by atomic mass is 35.5. The maximum absolute atomic E-state index is 13.5. The van der Waals surface area contributed by atoms with E-state index < -0.39 is 25.0 Å². The Kier molecular flexibility index (Phi) is 9.03. The molecule has 37 heavy (non-hydrogen) atoms. The van der Waals surface area contributed by atoms with Gasteiger partial charge in [0, 0.05) is 5.02 Å². The van der Waals surface area contributed by atoms with E-state index in [0.29, 0.717) is 10.6 Å². The number of carbonyl (C=O) groups excluding carboxylic acids is 2. The number of benzene rings is 3. The number of amides is 2. The fourth-order valence-electron chi connectivity index (χ4n) is 5.05. The number of hydrogen-bond donors (Lipinski definition) is 4. The first-order valence-electron chi connectivity index (χ1n) is 12.7. The molecule has 4 rings (SSSR count). The quantitative estimate of drug-likeness (QED) is 0.321. The third-order valence-electron chi connectivity index (χ3n) is 7.08. The summed E-state index contributed by atoms with van der Waals surface area (Å²) in [6.45, 7) is 1.93. The van der Waals surface area contributed by atoms with Crippen molar-refractivity contribution < 1.29 is 19.6 Å². The van der Waals surface area contributed by atoms with Gasteiger partial charge in [-0.2, -0.15) is 0 Å². The Labute approximate surface area is 223 Å². The van der Waals surface area contributed by atoms with Gasteiger partial charge >= 0.3 is 7.12 Å². The Hall–Kier alpha value is -3.13. The molecule has 0 radical (unpaired) electrons. The first-order valence-corrected chi connectivity index (χ1v) is 13.0. The summed E-state index contributed by atoms with van der Waals surface area (Å²) in [7, 11) is -1.74. The molecule has 0 aliphatic heterocycles. The molecule has 0 spiro atoms. The molecule has 1 aliphatic carbocycles. The van der Waals surface area contributed by atoms with Gasteiger partial charge in [-0.1, -0.05) is 78.3 Å². The minimum atomic E-state index is -1.74. The van der Waals surface area contributed by atoms with Crippen molar-refractivity contribution in [2.45, 2.75) is 56.9 Å². The number of rotatable bonds is 9. The van der Waals surface area contributed by atoms with Crippen LogP contribution in [0.15, 0.2) is 72.8 Å². The number of halogens is 1. The van der Waals surface area contributed by atoms with Gasteiger partial charge in [0.2, 0.25) is 11.8 Å². The first-order chi connectivity index (χ1) is 17.8. The van der Waals surface area contributed by atoms with Gasteiger partial charge in [0.1, 0.15) is 0 Å². The summed E-state index contributed by atoms with van der Waals surface area (Å²) in [5.74, 6) is -1.77. The molecule has 3 atom stereocenters. The van der Waals surface area contributed by atoms with E-state index >= 15 is 0 Å². The van der Waals surface area contributed by atoms with Gasteiger partial charge < -0.3 is 20.7 Å². The minimum absolute atomic E-state index is 0.0964. The molecule has 1 aliphatic rings. The van der Waals surface area contributed by atoms with Crippen LogP contribution in [0.25, 0.3) is 0 Å². The molecule has 0 saturated heterocycles. The van der Waals surface area contributed by atoms with E-state index in [4.69, 9.17) is 11.6 Å². The van der Waals surface area contributed by atoms with Crippen molar-refractivity contribution in [3.8, 4) is 0 Å². The SMILES string of the molecule is Cc1ccccc1CC(NC(=O)CC(NC(=O)C1CCCc2ccccc21)c1ccccc1Cl)B(O)O. The fraction of sp³-hybridized carbons (Fsp3) is 0.310. The molecule has 6 nitrogen and oxygen atoms in total. The Morgan fingerprint density at radius 3 is 2.46 bits per heavy atom. The average molecular weight is 519 g/mol. The minimum Gasteiger partial charge on any atom is -0.426 e. The smallest absolute Gasteiger partial charge is 0.426 e. The van der Waals surface area contributed by atoms with Crippen LogP contribution in [0.1, 0.15) is 59.0 Å². The molecular weight excluding hydrogens is 487 g/mol. The standard InChI is InChI=1S/C29H32BClN2O4/c1-19-9-2-3-11-21(19)17-27(30(36)37)33-28(34)18-26(24-14-6-7-16-25(24)31)32-29(35)23-15-8-12-20-10-4-5-13-22(20)23/h2-7,9-11,13-14,16,23,26-27,36-37H,8,12,15,17-18H2,1H3,(H,32,35)(H,33,34). The highest BCUT2D eigenvalue weighted by Crippen LogP contribution is 2.33. The zero-order valence-corrected chi connectivity index (χ0v) is 21.6. The molecule has 0 aromatic heterocycles. The van der Waals surface area contributed by atoms with E-state index in [9.17, 15) is 19.6 Å². The Balaban J connectivity index is 1.52. The summed E-state index contributed by atoms with van der Waals surface area (Å²) in [5.41, 5.74) is 4.74. The van der Waals surface area contributed by atoms with Crippen LogP contribution in [0.2, 0.25) is 5.02 Å². The van der Waals surface area contributed by atoms with Gasteiger partial charge in [0.25, 0.3) is 0 Å². The Morgan fingerprint density at radius 2 is 1.70 bits per heavy atom. The summed E-state index contributed by atoms with van der Waals surface area (Å²) in [5, 5.41) is 26.2. The van der Waals surface area contributed by atoms with Crippen LogP contribution in [-0.2, 0) is 22.4 Å². The summed E-state index contributed by atoms with van der Waals surface area (Å²) >= 11 is 6.47. The van der Waals surface area contributed by atoms with Crippen LogP contribution < -0.4 is 10.6 Å². The van der Waals surface area contributed by atoms with Crippen LogP contribution in [-0.4, -0.2) is 34.9 Å². The molecule has 192 valence electrons. The molecule has 3 aromatic rings. The molecule has 0 bridgehead atoms. The number of aryl methyl sites for hydroxylation is 2. The second-order valence-corrected chi connectivity index (χ2v) is 10.1. The summed E-state index contributed by atoms with van der Waals surface area (Å²) in [4.78, 5) is 26.6. The van der Waals surface area contributed by atoms with Gasteiger partial charge in [-0.3, -0.25) is 9.59 Å². The fourth-order valence-corrected chi connectivity index (χ4v) is 5.32. The third-order valence-corrected chi connectivity index (χ3v) is 7.42. The van der Waals surface area contributed by atoms with E-state index in [1.165, 1.54) is 5.56 Å². The van der Waals surface area contributed by atoms with Gasteiger partial charge in [-0.05, 0) is 66.5 Å². The van der Waals surface area contributed by atoms with Gasteiger partial charge in [0.15, 0.2) is 0 Å². The molecular formula is C29H32BClN2O4. The number of nitrogens with one attached hydrogen (secondary N) is 2. The normalized spacial score (nSPS) is 16.3. The number of hydrogen-bond acceptors (Lipinski definition) is 4. The zero-order valence-electron chi connectivity index (χ0n) is 20.9. The van der Waals surface area contributed by atoms with Crippen molar-refractivity contribution >= 4 is 30.5 Å². The monoisotopic (exact) mass is 518 g/mol. The molecule has 3 unspecified atom stereocenters. The lowest BCUT2D eigenvalue weighted by molar-refractivity contribution is -0.125. The summed E-state index contributed by atoms with van der Waals surface area (Å²) < 4.78 is 0. The highest BCUT2D eigenvalue weighted by molar-refractivity contribution is 6.43. The predicted molar refractivity (Wildman–Crippen MR) is 146 cm³/mol. The molecule has 0 saturated carbocycles. The summed E-state index contributed by atoms with van der Waals surface area (Å²) in [6, 6.07) is 22.0. The molecule has 0 heterocycles.